The van der Waals surface area contributed by atoms with Gasteiger partial charge in [-0.15, -0.1) is 0 Å². The molecular formula is C13H18F3NO. The second-order valence-electron chi connectivity index (χ2n) is 5.00. The summed E-state index contributed by atoms with van der Waals surface area (Å²) in [5.74, 6) is 5.35. The smallest absolute Gasteiger partial charge is 0.294 e. The van der Waals surface area contributed by atoms with Crippen LogP contribution < -0.4 is 5.90 Å². The molecule has 1 fully saturated rings. The number of halogens is 3. The molecule has 0 bridgehead atoms. The quantitative estimate of drug-likeness (QED) is 0.767. The van der Waals surface area contributed by atoms with Gasteiger partial charge in [-0.25, -0.2) is 5.90 Å². The van der Waals surface area contributed by atoms with Crippen LogP contribution in [0.2, 0.25) is 0 Å². The largest absolute Gasteiger partial charge is 0.416 e. The molecule has 0 atom stereocenters. The van der Waals surface area contributed by atoms with Gasteiger partial charge in [0.2, 0.25) is 0 Å². The molecule has 2 nitrogen and oxygen atoms in total. The maximum absolute atomic E-state index is 13.0. The highest BCUT2D eigenvalue weighted by Crippen LogP contribution is 2.45. The first kappa shape index (κ1) is 13.6. The maximum Gasteiger partial charge on any atom is 0.416 e. The molecule has 0 aromatic rings. The van der Waals surface area contributed by atoms with E-state index in [0.29, 0.717) is 31.3 Å². The topological polar surface area (TPSA) is 35.2 Å². The van der Waals surface area contributed by atoms with Crippen molar-refractivity contribution in [1.82, 2.24) is 0 Å². The molecule has 0 heterocycles. The summed E-state index contributed by atoms with van der Waals surface area (Å²) >= 11 is 0. The van der Waals surface area contributed by atoms with Crippen LogP contribution in [0.1, 0.15) is 44.9 Å². The van der Waals surface area contributed by atoms with Crippen molar-refractivity contribution in [2.75, 3.05) is 0 Å². The lowest BCUT2D eigenvalue weighted by Crippen LogP contribution is -2.41. The first-order valence-corrected chi connectivity index (χ1v) is 6.35. The molecule has 2 aliphatic carbocycles. The van der Waals surface area contributed by atoms with Crippen LogP contribution in [-0.4, -0.2) is 11.8 Å². The monoisotopic (exact) mass is 261 g/mol. The van der Waals surface area contributed by atoms with Crippen molar-refractivity contribution in [3.63, 3.8) is 0 Å². The summed E-state index contributed by atoms with van der Waals surface area (Å²) < 4.78 is 39.1. The molecule has 2 N–H and O–H groups in total. The molecule has 0 aliphatic heterocycles. The standard InChI is InChI=1S/C13H18F3NO/c14-13(15,16)11-7-3-2-6-10(11)12(18-17)8-4-1-5-9-12/h3,7H,1-2,4-6,8-9,17H2. The minimum Gasteiger partial charge on any atom is -0.294 e. The van der Waals surface area contributed by atoms with E-state index in [1.807, 2.05) is 0 Å². The van der Waals surface area contributed by atoms with E-state index in [9.17, 15) is 13.2 Å². The van der Waals surface area contributed by atoms with E-state index in [1.165, 1.54) is 6.08 Å². The van der Waals surface area contributed by atoms with Gasteiger partial charge in [-0.3, -0.25) is 4.84 Å². The fraction of sp³-hybridized carbons (Fsp3) is 0.692. The predicted molar refractivity (Wildman–Crippen MR) is 62.5 cm³/mol. The first-order chi connectivity index (χ1) is 8.49. The van der Waals surface area contributed by atoms with E-state index >= 15 is 0 Å². The maximum atomic E-state index is 13.0. The van der Waals surface area contributed by atoms with Crippen molar-refractivity contribution in [3.05, 3.63) is 23.3 Å². The zero-order valence-electron chi connectivity index (χ0n) is 10.2. The molecule has 0 saturated heterocycles. The minimum absolute atomic E-state index is 0.347. The zero-order chi connectivity index (χ0) is 13.2. The normalized spacial score (nSPS) is 24.4. The average Bonchev–Trinajstić information content (AvgIpc) is 2.38. The lowest BCUT2D eigenvalue weighted by atomic mass is 9.74. The number of hydrogen-bond donors (Lipinski definition) is 1. The van der Waals surface area contributed by atoms with Crippen LogP contribution >= 0.6 is 0 Å². The van der Waals surface area contributed by atoms with Gasteiger partial charge in [-0.1, -0.05) is 31.4 Å². The Balaban J connectivity index is 2.43. The lowest BCUT2D eigenvalue weighted by molar-refractivity contribution is -0.0968. The summed E-state index contributed by atoms with van der Waals surface area (Å²) in [6.07, 6.45) is 3.39. The SMILES string of the molecule is NOC1(C2=C(C(F)(F)F)C=CCC2)CCCCC1. The summed E-state index contributed by atoms with van der Waals surface area (Å²) in [7, 11) is 0. The van der Waals surface area contributed by atoms with Gasteiger partial charge in [0, 0.05) is 0 Å². The predicted octanol–water partition coefficient (Wildman–Crippen LogP) is 3.79. The molecule has 102 valence electrons. The molecule has 0 aromatic carbocycles. The molecule has 2 rings (SSSR count). The Morgan fingerprint density at radius 1 is 1.17 bits per heavy atom. The third kappa shape index (κ3) is 2.47. The zero-order valence-corrected chi connectivity index (χ0v) is 10.2. The lowest BCUT2D eigenvalue weighted by Gasteiger charge is -2.39. The molecule has 0 radical (unpaired) electrons. The second-order valence-corrected chi connectivity index (χ2v) is 5.00. The first-order valence-electron chi connectivity index (χ1n) is 6.35. The van der Waals surface area contributed by atoms with E-state index in [1.54, 1.807) is 6.08 Å². The summed E-state index contributed by atoms with van der Waals surface area (Å²) in [6.45, 7) is 0. The number of allylic oxidation sites excluding steroid dienone is 3. The van der Waals surface area contributed by atoms with Crippen LogP contribution in [0, 0.1) is 0 Å². The van der Waals surface area contributed by atoms with Crippen molar-refractivity contribution in [2.24, 2.45) is 5.90 Å². The molecule has 1 saturated carbocycles. The van der Waals surface area contributed by atoms with Crippen molar-refractivity contribution in [3.8, 4) is 0 Å². The molecule has 18 heavy (non-hydrogen) atoms. The highest BCUT2D eigenvalue weighted by Gasteiger charge is 2.44. The Morgan fingerprint density at radius 3 is 2.39 bits per heavy atom. The van der Waals surface area contributed by atoms with E-state index in [4.69, 9.17) is 10.7 Å². The Labute approximate surface area is 105 Å². The van der Waals surface area contributed by atoms with Gasteiger partial charge >= 0.3 is 6.18 Å². The number of rotatable bonds is 2. The van der Waals surface area contributed by atoms with Crippen molar-refractivity contribution >= 4 is 0 Å². The number of alkyl halides is 3. The molecule has 2 aliphatic rings. The fourth-order valence-electron chi connectivity index (χ4n) is 3.02. The average molecular weight is 261 g/mol. The van der Waals surface area contributed by atoms with E-state index in [0.717, 1.165) is 19.3 Å². The molecule has 0 amide bonds. The van der Waals surface area contributed by atoms with Crippen LogP contribution in [0.25, 0.3) is 0 Å². The third-order valence-electron chi connectivity index (χ3n) is 3.91. The molecule has 0 unspecified atom stereocenters. The molecule has 0 aromatic heterocycles. The summed E-state index contributed by atoms with van der Waals surface area (Å²) in [5.41, 5.74) is -1.10. The highest BCUT2D eigenvalue weighted by atomic mass is 19.4. The van der Waals surface area contributed by atoms with Crippen LogP contribution in [0.15, 0.2) is 23.3 Å². The Bertz CT molecular complexity index is 365. The van der Waals surface area contributed by atoms with Gasteiger partial charge in [0.25, 0.3) is 0 Å². The molecule has 5 heteroatoms. The van der Waals surface area contributed by atoms with Gasteiger partial charge < -0.3 is 0 Å². The Kier molecular flexibility index (Phi) is 3.82. The highest BCUT2D eigenvalue weighted by molar-refractivity contribution is 5.38. The van der Waals surface area contributed by atoms with Gasteiger partial charge in [0.15, 0.2) is 0 Å². The summed E-state index contributed by atoms with van der Waals surface area (Å²) in [4.78, 5) is 5.05. The van der Waals surface area contributed by atoms with Crippen LogP contribution in [0.5, 0.6) is 0 Å². The van der Waals surface area contributed by atoms with Gasteiger partial charge in [-0.2, -0.15) is 13.2 Å². The Morgan fingerprint density at radius 2 is 1.83 bits per heavy atom. The third-order valence-corrected chi connectivity index (χ3v) is 3.91. The summed E-state index contributed by atoms with van der Waals surface area (Å²) in [5, 5.41) is 0. The minimum atomic E-state index is -4.32. The van der Waals surface area contributed by atoms with Gasteiger partial charge in [0.05, 0.1) is 5.57 Å². The Hall–Kier alpha value is -0.810. The second kappa shape index (κ2) is 5.05. The number of hydrogen-bond acceptors (Lipinski definition) is 2. The van der Waals surface area contributed by atoms with E-state index in [2.05, 4.69) is 0 Å². The van der Waals surface area contributed by atoms with Crippen molar-refractivity contribution in [2.45, 2.75) is 56.7 Å². The molecular weight excluding hydrogens is 243 g/mol. The molecule has 0 spiro atoms. The van der Waals surface area contributed by atoms with Crippen LogP contribution in [0.3, 0.4) is 0 Å². The fourth-order valence-corrected chi connectivity index (χ4v) is 3.02. The van der Waals surface area contributed by atoms with Gasteiger partial charge in [-0.05, 0) is 31.3 Å². The van der Waals surface area contributed by atoms with E-state index < -0.39 is 17.4 Å². The van der Waals surface area contributed by atoms with E-state index in [-0.39, 0.29) is 0 Å². The van der Waals surface area contributed by atoms with Crippen molar-refractivity contribution < 1.29 is 18.0 Å². The summed E-state index contributed by atoms with van der Waals surface area (Å²) in [6, 6.07) is 0. The van der Waals surface area contributed by atoms with Gasteiger partial charge in [0.1, 0.15) is 5.60 Å². The van der Waals surface area contributed by atoms with Crippen LogP contribution in [0.4, 0.5) is 13.2 Å². The van der Waals surface area contributed by atoms with Crippen molar-refractivity contribution in [1.29, 1.82) is 0 Å². The number of nitrogens with two attached hydrogens (primary N) is 1. The van der Waals surface area contributed by atoms with Crippen LogP contribution in [-0.2, 0) is 4.84 Å².